The average Bonchev–Trinajstić information content (AvgIpc) is 3.49. The van der Waals surface area contributed by atoms with Gasteiger partial charge in [0, 0.05) is 38.7 Å². The van der Waals surface area contributed by atoms with E-state index in [1.54, 1.807) is 13.2 Å². The van der Waals surface area contributed by atoms with Crippen LogP contribution in [-0.4, -0.2) is 96.4 Å². The minimum atomic E-state index is -1.64. The molecule has 5 heterocycles. The number of esters is 1. The van der Waals surface area contributed by atoms with Gasteiger partial charge in [0.25, 0.3) is 0 Å². The van der Waals surface area contributed by atoms with Gasteiger partial charge in [-0.05, 0) is 80.6 Å². The van der Waals surface area contributed by atoms with Crippen LogP contribution in [0.2, 0.25) is 0 Å². The van der Waals surface area contributed by atoms with Gasteiger partial charge in [-0.25, -0.2) is 0 Å². The number of allylic oxidation sites excluding steroid dienone is 2. The molecule has 0 aromatic carbocycles. The van der Waals surface area contributed by atoms with E-state index in [-0.39, 0.29) is 30.8 Å². The van der Waals surface area contributed by atoms with Gasteiger partial charge < -0.3 is 43.4 Å². The zero-order chi connectivity index (χ0) is 38.4. The molecule has 2 N–H and O–H groups in total. The molecule has 54 heavy (non-hydrogen) atoms. The van der Waals surface area contributed by atoms with Crippen LogP contribution in [-0.2, 0) is 38.0 Å². The van der Waals surface area contributed by atoms with Crippen molar-refractivity contribution in [1.29, 1.82) is 0 Å². The molecule has 300 valence electrons. The Labute approximate surface area is 321 Å². The molecule has 5 aliphatic heterocycles. The first kappa shape index (κ1) is 40.1. The summed E-state index contributed by atoms with van der Waals surface area (Å²) in [5.41, 5.74) is 1.45. The lowest BCUT2D eigenvalue weighted by Gasteiger charge is -2.51. The van der Waals surface area contributed by atoms with Crippen LogP contribution in [0.3, 0.4) is 0 Å². The van der Waals surface area contributed by atoms with Crippen molar-refractivity contribution >= 4 is 5.97 Å². The maximum atomic E-state index is 14.4. The van der Waals surface area contributed by atoms with E-state index < -0.39 is 60.1 Å². The average molecular weight is 753 g/mol. The smallest absolute Gasteiger partial charge is 0.316 e. The number of aliphatic hydroxyl groups is 2. The summed E-state index contributed by atoms with van der Waals surface area (Å²) in [5.74, 6) is -1.48. The Balaban J connectivity index is 1.24. The standard InChI is InChI=1S/C44H64O10/c1-25-12-11-15-32-24-49-41-29(5)28(4)20-35(44(32,41)47)42(46)51-34-21-33(17-16-26(2)39(25)52-37-22-36(48-7)38(45)30(6)50-37)53-43(23-34)19-18-27(3)40(54-43)31-13-9-8-10-14-31/h11-12,15-16,20,25,27,30-31,33-41,45,47H,5,8-10,13-14,17-19,21-24H2,1-4,6-7H3/b12-11-,26-16-,32-15?/t25-,27-,30-,33+,34-,35-,36-,37-,38-,39-,40-,41+,43+,44+/m0/s1. The number of hydrogen-bond donors (Lipinski definition) is 2. The molecule has 0 aromatic heterocycles. The summed E-state index contributed by atoms with van der Waals surface area (Å²) < 4.78 is 45.3. The maximum absolute atomic E-state index is 14.4. The first-order valence-corrected chi connectivity index (χ1v) is 20.7. The van der Waals surface area contributed by atoms with Crippen molar-refractivity contribution in [2.24, 2.45) is 23.7 Å². The van der Waals surface area contributed by atoms with Gasteiger partial charge in [0.2, 0.25) is 0 Å². The van der Waals surface area contributed by atoms with Crippen LogP contribution in [0.15, 0.2) is 59.3 Å². The van der Waals surface area contributed by atoms with E-state index in [1.807, 2.05) is 32.1 Å². The van der Waals surface area contributed by atoms with Crippen LogP contribution >= 0.6 is 0 Å². The van der Waals surface area contributed by atoms with Crippen molar-refractivity contribution in [3.8, 4) is 0 Å². The van der Waals surface area contributed by atoms with Crippen LogP contribution in [0.1, 0.15) is 105 Å². The number of fused-ring (bicyclic) bond motifs is 2. The minimum Gasteiger partial charge on any atom is -0.462 e. The van der Waals surface area contributed by atoms with Gasteiger partial charge in [-0.1, -0.05) is 70.1 Å². The lowest BCUT2D eigenvalue weighted by atomic mass is 9.70. The number of carbonyl (C=O) groups is 1. The zero-order valence-electron chi connectivity index (χ0n) is 33.2. The van der Waals surface area contributed by atoms with E-state index in [0.717, 1.165) is 24.0 Å². The fraction of sp³-hybridized carbons (Fsp3) is 0.750. The quantitative estimate of drug-likeness (QED) is 0.235. The summed E-state index contributed by atoms with van der Waals surface area (Å²) >= 11 is 0. The summed E-state index contributed by atoms with van der Waals surface area (Å²) in [4.78, 5) is 14.4. The van der Waals surface area contributed by atoms with Crippen molar-refractivity contribution < 1.29 is 48.2 Å². The van der Waals surface area contributed by atoms with E-state index in [9.17, 15) is 15.0 Å². The molecular weight excluding hydrogens is 688 g/mol. The van der Waals surface area contributed by atoms with Crippen molar-refractivity contribution in [2.75, 3.05) is 13.7 Å². The van der Waals surface area contributed by atoms with E-state index in [2.05, 4.69) is 33.4 Å². The van der Waals surface area contributed by atoms with Crippen molar-refractivity contribution in [3.05, 3.63) is 59.3 Å². The third kappa shape index (κ3) is 7.88. The Morgan fingerprint density at radius 2 is 1.80 bits per heavy atom. The fourth-order valence-corrected chi connectivity index (χ4v) is 10.3. The van der Waals surface area contributed by atoms with E-state index in [1.165, 1.54) is 32.1 Å². The first-order chi connectivity index (χ1) is 25.8. The molecule has 0 amide bonds. The molecule has 7 rings (SSSR count). The van der Waals surface area contributed by atoms with Crippen LogP contribution in [0, 0.1) is 23.7 Å². The summed E-state index contributed by atoms with van der Waals surface area (Å²) in [6.45, 7) is 14.6. The van der Waals surface area contributed by atoms with Gasteiger partial charge in [0.05, 0.1) is 37.1 Å². The molecule has 7 aliphatic rings. The molecule has 10 heteroatoms. The molecule has 5 fully saturated rings. The minimum absolute atomic E-state index is 0.0989. The summed E-state index contributed by atoms with van der Waals surface area (Å²) in [7, 11) is 1.60. The Kier molecular flexibility index (Phi) is 12.1. The summed E-state index contributed by atoms with van der Waals surface area (Å²) in [6.07, 6.45) is 15.6. The Hall–Kier alpha value is -2.15. The topological polar surface area (TPSA) is 122 Å². The summed E-state index contributed by atoms with van der Waals surface area (Å²) in [6, 6.07) is 0. The number of rotatable bonds is 4. The third-order valence-corrected chi connectivity index (χ3v) is 13.6. The van der Waals surface area contributed by atoms with Crippen LogP contribution in [0.4, 0.5) is 0 Å². The lowest BCUT2D eigenvalue weighted by Crippen LogP contribution is -2.56. The van der Waals surface area contributed by atoms with Crippen molar-refractivity contribution in [3.63, 3.8) is 0 Å². The molecule has 1 spiro atoms. The first-order valence-electron chi connectivity index (χ1n) is 20.7. The molecule has 14 atom stereocenters. The summed E-state index contributed by atoms with van der Waals surface area (Å²) in [5, 5.41) is 23.2. The number of hydrogen-bond acceptors (Lipinski definition) is 10. The predicted molar refractivity (Wildman–Crippen MR) is 203 cm³/mol. The molecule has 0 unspecified atom stereocenters. The number of carbonyl (C=O) groups excluding carboxylic acids is 1. The molecule has 2 aliphatic carbocycles. The molecule has 0 radical (unpaired) electrons. The number of methoxy groups -OCH3 is 1. The lowest BCUT2D eigenvalue weighted by molar-refractivity contribution is -0.342. The van der Waals surface area contributed by atoms with Gasteiger partial charge in [0.1, 0.15) is 29.8 Å². The second kappa shape index (κ2) is 16.4. The van der Waals surface area contributed by atoms with Crippen molar-refractivity contribution in [2.45, 2.75) is 172 Å². The Bertz CT molecular complexity index is 1510. The van der Waals surface area contributed by atoms with Gasteiger partial charge >= 0.3 is 5.97 Å². The number of aliphatic hydroxyl groups excluding tert-OH is 1. The van der Waals surface area contributed by atoms with Gasteiger partial charge in [-0.15, -0.1) is 0 Å². The largest absolute Gasteiger partial charge is 0.462 e. The maximum Gasteiger partial charge on any atom is 0.316 e. The SMILES string of the molecule is C=C1C(C)=C[C@H]2C(=O)O[C@H]3C[C@@H](C/C=C(/C)[C@@H](O[C@H]4C[C@H](OC)[C@@H](O)[C@H](C)O4)[C@@H](C)/C=C\C=C4CO[C@H]1[C@@]42O)O[C@@]1(CC[C@H](C)[C@@H](C2CCCCC2)O1)C3. The highest BCUT2D eigenvalue weighted by Gasteiger charge is 2.58. The van der Waals surface area contributed by atoms with E-state index >= 15 is 0 Å². The van der Waals surface area contributed by atoms with Gasteiger partial charge in [-0.2, -0.15) is 0 Å². The predicted octanol–water partition coefficient (Wildman–Crippen LogP) is 6.80. The van der Waals surface area contributed by atoms with Gasteiger partial charge in [0.15, 0.2) is 12.1 Å². The third-order valence-electron chi connectivity index (χ3n) is 13.6. The highest BCUT2D eigenvalue weighted by Crippen LogP contribution is 2.49. The van der Waals surface area contributed by atoms with Crippen LogP contribution in [0.5, 0.6) is 0 Å². The van der Waals surface area contributed by atoms with Crippen LogP contribution < -0.4 is 0 Å². The van der Waals surface area contributed by atoms with Gasteiger partial charge in [-0.3, -0.25) is 4.79 Å². The Morgan fingerprint density at radius 3 is 2.56 bits per heavy atom. The van der Waals surface area contributed by atoms with E-state index in [4.69, 9.17) is 33.2 Å². The fourth-order valence-electron chi connectivity index (χ4n) is 10.3. The van der Waals surface area contributed by atoms with Crippen molar-refractivity contribution in [1.82, 2.24) is 0 Å². The normalized spacial score (nSPS) is 46.9. The monoisotopic (exact) mass is 752 g/mol. The molecule has 10 nitrogen and oxygen atoms in total. The highest BCUT2D eigenvalue weighted by molar-refractivity contribution is 5.79. The highest BCUT2D eigenvalue weighted by atomic mass is 16.7. The van der Waals surface area contributed by atoms with E-state index in [0.29, 0.717) is 48.7 Å². The molecule has 0 aromatic rings. The van der Waals surface area contributed by atoms with Crippen LogP contribution in [0.25, 0.3) is 0 Å². The number of ether oxygens (including phenoxy) is 7. The second-order valence-corrected chi connectivity index (χ2v) is 17.5. The molecule has 4 saturated heterocycles. The zero-order valence-corrected chi connectivity index (χ0v) is 33.2. The molecule has 2 bridgehead atoms. The molecule has 1 saturated carbocycles. The Morgan fingerprint density at radius 1 is 1.02 bits per heavy atom. The second-order valence-electron chi connectivity index (χ2n) is 17.5. The molecular formula is C44H64O10.